The van der Waals surface area contributed by atoms with Crippen LogP contribution in [0.4, 0.5) is 0 Å². The van der Waals surface area contributed by atoms with E-state index >= 15 is 0 Å². The van der Waals surface area contributed by atoms with Crippen molar-refractivity contribution in [1.82, 2.24) is 5.32 Å². The number of carbonyl (C=O) groups excluding carboxylic acids is 1. The fraction of sp³-hybridized carbons (Fsp3) is 0.174. The van der Waals surface area contributed by atoms with Crippen LogP contribution in [0.1, 0.15) is 11.1 Å². The van der Waals surface area contributed by atoms with Crippen molar-refractivity contribution in [2.45, 2.75) is 19.0 Å². The molecule has 0 aliphatic heterocycles. The predicted octanol–water partition coefficient (Wildman–Crippen LogP) is 4.34. The minimum absolute atomic E-state index is 0. The Morgan fingerprint density at radius 1 is 0.889 bits per heavy atom. The van der Waals surface area contributed by atoms with E-state index in [0.717, 1.165) is 11.1 Å². The predicted molar refractivity (Wildman–Crippen MR) is 115 cm³/mol. The lowest BCUT2D eigenvalue weighted by Crippen LogP contribution is -2.39. The van der Waals surface area contributed by atoms with E-state index in [2.05, 4.69) is 29.6 Å². The van der Waals surface area contributed by atoms with Crippen LogP contribution in [0.25, 0.3) is 11.1 Å². The highest BCUT2D eigenvalue weighted by atomic mass is 32.1. The zero-order valence-electron chi connectivity index (χ0n) is 15.4. The van der Waals surface area contributed by atoms with Crippen molar-refractivity contribution in [3.63, 3.8) is 0 Å². The van der Waals surface area contributed by atoms with Crippen LogP contribution in [-0.4, -0.2) is 19.1 Å². The Bertz CT molecular complexity index is 837. The maximum Gasteiger partial charge on any atom is 0.323 e. The van der Waals surface area contributed by atoms with Crippen molar-refractivity contribution >= 4 is 19.5 Å². The summed E-state index contributed by atoms with van der Waals surface area (Å²) in [6, 6.07) is 28.1. The van der Waals surface area contributed by atoms with Gasteiger partial charge in [-0.1, -0.05) is 84.9 Å². The largest absolute Gasteiger partial charge is 0.468 e. The fourth-order valence-electron chi connectivity index (χ4n) is 3.04. The topological polar surface area (TPSA) is 38.3 Å². The van der Waals surface area contributed by atoms with Crippen molar-refractivity contribution in [2.75, 3.05) is 7.11 Å². The number of hydrogen-bond acceptors (Lipinski definition) is 3. The molecule has 0 aromatic heterocycles. The summed E-state index contributed by atoms with van der Waals surface area (Å²) >= 11 is 0. The van der Waals surface area contributed by atoms with Crippen LogP contribution < -0.4 is 5.32 Å². The number of hydrogen-bond donors (Lipinski definition) is 1. The third kappa shape index (κ3) is 5.71. The number of esters is 1. The Morgan fingerprint density at radius 3 is 2.15 bits per heavy atom. The highest BCUT2D eigenvalue weighted by molar-refractivity contribution is 7.59. The quantitative estimate of drug-likeness (QED) is 0.621. The molecule has 0 heterocycles. The minimum atomic E-state index is -0.383. The smallest absolute Gasteiger partial charge is 0.323 e. The second kappa shape index (κ2) is 10.6. The molecular formula is C23H25NO2S. The zero-order valence-corrected chi connectivity index (χ0v) is 16.4. The second-order valence-corrected chi connectivity index (χ2v) is 6.17. The molecule has 27 heavy (non-hydrogen) atoms. The van der Waals surface area contributed by atoms with Gasteiger partial charge in [-0.3, -0.25) is 10.1 Å². The summed E-state index contributed by atoms with van der Waals surface area (Å²) in [7, 11) is 1.43. The number of rotatable bonds is 7. The Kier molecular flexibility index (Phi) is 8.11. The molecule has 4 heteroatoms. The molecule has 0 radical (unpaired) electrons. The molecule has 0 amide bonds. The SMILES string of the molecule is COC(=O)[C@H](Cc1ccccc1)NCc1ccccc1-c1ccccc1.S. The Balaban J connectivity index is 0.00000261. The molecule has 0 unspecified atom stereocenters. The third-order valence-electron chi connectivity index (χ3n) is 4.41. The maximum atomic E-state index is 12.2. The highest BCUT2D eigenvalue weighted by Gasteiger charge is 2.19. The summed E-state index contributed by atoms with van der Waals surface area (Å²) in [4.78, 5) is 12.2. The lowest BCUT2D eigenvalue weighted by atomic mass is 9.99. The average Bonchev–Trinajstić information content (AvgIpc) is 2.72. The number of nitrogens with one attached hydrogen (secondary N) is 1. The first-order chi connectivity index (χ1) is 12.8. The molecule has 0 saturated heterocycles. The van der Waals surface area contributed by atoms with Crippen molar-refractivity contribution in [3.8, 4) is 11.1 Å². The van der Waals surface area contributed by atoms with Gasteiger partial charge in [0.2, 0.25) is 0 Å². The molecule has 3 rings (SSSR count). The van der Waals surface area contributed by atoms with E-state index in [0.29, 0.717) is 13.0 Å². The number of benzene rings is 3. The van der Waals surface area contributed by atoms with Crippen LogP contribution in [-0.2, 0) is 22.5 Å². The molecule has 0 aliphatic carbocycles. The normalized spacial score (nSPS) is 11.3. The summed E-state index contributed by atoms with van der Waals surface area (Å²) in [6.45, 7) is 0.595. The van der Waals surface area contributed by atoms with E-state index in [1.807, 2.05) is 60.7 Å². The number of methoxy groups -OCH3 is 1. The van der Waals surface area contributed by atoms with E-state index in [1.165, 1.54) is 18.2 Å². The Labute approximate surface area is 167 Å². The van der Waals surface area contributed by atoms with Gasteiger partial charge in [-0.15, -0.1) is 0 Å². The van der Waals surface area contributed by atoms with Crippen molar-refractivity contribution in [3.05, 3.63) is 96.1 Å². The summed E-state index contributed by atoms with van der Waals surface area (Å²) in [5, 5.41) is 3.37. The molecule has 1 N–H and O–H groups in total. The van der Waals surface area contributed by atoms with Gasteiger partial charge in [0, 0.05) is 6.54 Å². The third-order valence-corrected chi connectivity index (χ3v) is 4.41. The van der Waals surface area contributed by atoms with Crippen LogP contribution in [0.15, 0.2) is 84.9 Å². The molecule has 1 atom stereocenters. The Morgan fingerprint density at radius 2 is 1.48 bits per heavy atom. The first-order valence-corrected chi connectivity index (χ1v) is 8.76. The molecular weight excluding hydrogens is 354 g/mol. The van der Waals surface area contributed by atoms with Gasteiger partial charge in [-0.05, 0) is 28.7 Å². The molecule has 3 aromatic rings. The van der Waals surface area contributed by atoms with Crippen molar-refractivity contribution in [2.24, 2.45) is 0 Å². The minimum Gasteiger partial charge on any atom is -0.468 e. The summed E-state index contributed by atoms with van der Waals surface area (Å²) in [5.41, 5.74) is 4.60. The molecule has 0 saturated carbocycles. The number of ether oxygens (including phenoxy) is 1. The van der Waals surface area contributed by atoms with Gasteiger partial charge >= 0.3 is 5.97 Å². The standard InChI is InChI=1S/C23H23NO2.H2S/c1-26-23(25)22(16-18-10-4-2-5-11-18)24-17-20-14-8-9-15-21(20)19-12-6-3-7-13-19;/h2-15,22,24H,16-17H2,1H3;1H2/t22-;/m0./s1. The lowest BCUT2D eigenvalue weighted by molar-refractivity contribution is -0.143. The first-order valence-electron chi connectivity index (χ1n) is 8.76. The average molecular weight is 380 g/mol. The van der Waals surface area contributed by atoms with Crippen LogP contribution in [0.3, 0.4) is 0 Å². The Hall–Kier alpha value is -2.56. The second-order valence-electron chi connectivity index (χ2n) is 6.17. The van der Waals surface area contributed by atoms with E-state index in [1.54, 1.807) is 0 Å². The molecule has 0 fully saturated rings. The van der Waals surface area contributed by atoms with Gasteiger partial charge in [0.25, 0.3) is 0 Å². The monoisotopic (exact) mass is 379 g/mol. The van der Waals surface area contributed by atoms with Gasteiger partial charge in [-0.2, -0.15) is 13.5 Å². The van der Waals surface area contributed by atoms with Crippen LogP contribution >= 0.6 is 13.5 Å². The zero-order chi connectivity index (χ0) is 18.2. The van der Waals surface area contributed by atoms with Crippen LogP contribution in [0.5, 0.6) is 0 Å². The fourth-order valence-corrected chi connectivity index (χ4v) is 3.04. The molecule has 0 spiro atoms. The summed E-state index contributed by atoms with van der Waals surface area (Å²) in [5.74, 6) is -0.244. The van der Waals surface area contributed by atoms with Gasteiger partial charge in [0.15, 0.2) is 0 Å². The summed E-state index contributed by atoms with van der Waals surface area (Å²) in [6.07, 6.45) is 0.598. The molecule has 140 valence electrons. The summed E-state index contributed by atoms with van der Waals surface area (Å²) < 4.78 is 4.99. The van der Waals surface area contributed by atoms with Gasteiger partial charge in [0.05, 0.1) is 7.11 Å². The lowest BCUT2D eigenvalue weighted by Gasteiger charge is -2.18. The number of carbonyl (C=O) groups is 1. The van der Waals surface area contributed by atoms with Crippen LogP contribution in [0.2, 0.25) is 0 Å². The van der Waals surface area contributed by atoms with Gasteiger partial charge < -0.3 is 4.74 Å². The van der Waals surface area contributed by atoms with Crippen molar-refractivity contribution < 1.29 is 9.53 Å². The van der Waals surface area contributed by atoms with Crippen molar-refractivity contribution in [1.29, 1.82) is 0 Å². The molecule has 0 aliphatic rings. The van der Waals surface area contributed by atoms with E-state index in [-0.39, 0.29) is 25.5 Å². The van der Waals surface area contributed by atoms with E-state index in [9.17, 15) is 4.79 Å². The maximum absolute atomic E-state index is 12.2. The van der Waals surface area contributed by atoms with Gasteiger partial charge in [0.1, 0.15) is 6.04 Å². The molecule has 3 nitrogen and oxygen atoms in total. The van der Waals surface area contributed by atoms with E-state index in [4.69, 9.17) is 4.74 Å². The van der Waals surface area contributed by atoms with E-state index < -0.39 is 0 Å². The van der Waals surface area contributed by atoms with Gasteiger partial charge in [-0.25, -0.2) is 0 Å². The van der Waals surface area contributed by atoms with Crippen LogP contribution in [0, 0.1) is 0 Å². The highest BCUT2D eigenvalue weighted by Crippen LogP contribution is 2.23. The molecule has 0 bridgehead atoms. The molecule has 3 aromatic carbocycles. The first kappa shape index (κ1) is 20.7.